The Morgan fingerprint density at radius 3 is 2.76 bits per heavy atom. The van der Waals surface area contributed by atoms with Gasteiger partial charge in [-0.05, 0) is 19.5 Å². The molecule has 0 spiro atoms. The lowest BCUT2D eigenvalue weighted by Crippen LogP contribution is -2.23. The molecule has 0 aliphatic carbocycles. The first-order chi connectivity index (χ1) is 9.92. The maximum absolute atomic E-state index is 12.3. The van der Waals surface area contributed by atoms with Gasteiger partial charge in [-0.1, -0.05) is 6.92 Å². The van der Waals surface area contributed by atoms with Crippen molar-refractivity contribution in [2.24, 2.45) is 7.05 Å². The summed E-state index contributed by atoms with van der Waals surface area (Å²) in [5.74, 6) is 0. The number of nitrogens with one attached hydrogen (secondary N) is 2. The van der Waals surface area contributed by atoms with Crippen molar-refractivity contribution in [1.82, 2.24) is 19.6 Å². The number of rotatable bonds is 7. The first-order valence-electron chi connectivity index (χ1n) is 6.69. The molecule has 2 heterocycles. The smallest absolute Gasteiger partial charge is 0.242 e. The van der Waals surface area contributed by atoms with E-state index in [0.29, 0.717) is 6.54 Å². The zero-order chi connectivity index (χ0) is 15.5. The summed E-state index contributed by atoms with van der Waals surface area (Å²) in [7, 11) is -1.67. The quantitative estimate of drug-likeness (QED) is 0.805. The maximum Gasteiger partial charge on any atom is 0.242 e. The van der Waals surface area contributed by atoms with Crippen LogP contribution in [0.4, 0.5) is 0 Å². The van der Waals surface area contributed by atoms with E-state index in [1.54, 1.807) is 12.3 Å². The predicted molar refractivity (Wildman–Crippen MR) is 83.7 cm³/mol. The van der Waals surface area contributed by atoms with Crippen LogP contribution in [0, 0.1) is 6.92 Å². The van der Waals surface area contributed by atoms with Crippen LogP contribution in [-0.2, 0) is 30.2 Å². The van der Waals surface area contributed by atoms with Crippen molar-refractivity contribution >= 4 is 21.4 Å². The monoisotopic (exact) mass is 328 g/mol. The molecule has 0 aromatic carbocycles. The van der Waals surface area contributed by atoms with Gasteiger partial charge in [-0.25, -0.2) is 18.1 Å². The van der Waals surface area contributed by atoms with Crippen LogP contribution in [0.3, 0.4) is 0 Å². The largest absolute Gasteiger partial charge is 0.352 e. The molecule has 0 aliphatic rings. The van der Waals surface area contributed by atoms with E-state index in [2.05, 4.69) is 15.0 Å². The Bertz CT molecular complexity index is 704. The van der Waals surface area contributed by atoms with Gasteiger partial charge in [0, 0.05) is 30.9 Å². The molecule has 0 atom stereocenters. The molecule has 0 amide bonds. The van der Waals surface area contributed by atoms with Gasteiger partial charge in [0.15, 0.2) is 0 Å². The van der Waals surface area contributed by atoms with Gasteiger partial charge in [0.05, 0.1) is 22.1 Å². The SMILES string of the molecule is CCNCc1cc(S(=O)(=O)NCc2csc(C)n2)cn1C. The standard InChI is InChI=1S/C13H20N4O2S2/c1-4-14-7-12-5-13(8-17(12)3)21(18,19)15-6-11-9-20-10(2)16-11/h5,8-9,14-15H,4,6-7H2,1-3H3. The van der Waals surface area contributed by atoms with Crippen molar-refractivity contribution in [2.75, 3.05) is 6.54 Å². The third-order valence-electron chi connectivity index (χ3n) is 3.06. The molecule has 0 radical (unpaired) electrons. The molecule has 0 aliphatic heterocycles. The third kappa shape index (κ3) is 4.13. The van der Waals surface area contributed by atoms with Crippen LogP contribution in [0.25, 0.3) is 0 Å². The molecule has 2 aromatic heterocycles. The lowest BCUT2D eigenvalue weighted by Gasteiger charge is -2.02. The summed E-state index contributed by atoms with van der Waals surface area (Å²) in [4.78, 5) is 4.53. The zero-order valence-corrected chi connectivity index (χ0v) is 14.0. The predicted octanol–water partition coefficient (Wildman–Crippen LogP) is 1.38. The number of thiazole rings is 1. The van der Waals surface area contributed by atoms with E-state index in [1.165, 1.54) is 11.3 Å². The zero-order valence-electron chi connectivity index (χ0n) is 12.4. The summed E-state index contributed by atoms with van der Waals surface area (Å²) in [5, 5.41) is 5.97. The van der Waals surface area contributed by atoms with E-state index in [1.807, 2.05) is 30.8 Å². The molecular formula is C13H20N4O2S2. The summed E-state index contributed by atoms with van der Waals surface area (Å²) < 4.78 is 29.0. The van der Waals surface area contributed by atoms with Crippen LogP contribution < -0.4 is 10.0 Å². The van der Waals surface area contributed by atoms with Gasteiger partial charge < -0.3 is 9.88 Å². The van der Waals surface area contributed by atoms with Crippen LogP contribution in [0.1, 0.15) is 23.3 Å². The molecule has 0 bridgehead atoms. The Labute approximate surface area is 129 Å². The topological polar surface area (TPSA) is 76.0 Å². The fourth-order valence-electron chi connectivity index (χ4n) is 1.89. The number of aromatic nitrogens is 2. The highest BCUT2D eigenvalue weighted by Gasteiger charge is 2.17. The number of hydrogen-bond donors (Lipinski definition) is 2. The second-order valence-electron chi connectivity index (χ2n) is 4.74. The lowest BCUT2D eigenvalue weighted by molar-refractivity contribution is 0.580. The van der Waals surface area contributed by atoms with Gasteiger partial charge in [0.25, 0.3) is 0 Å². The van der Waals surface area contributed by atoms with Crippen molar-refractivity contribution in [3.8, 4) is 0 Å². The van der Waals surface area contributed by atoms with Crippen molar-refractivity contribution in [3.05, 3.63) is 34.0 Å². The molecular weight excluding hydrogens is 308 g/mol. The van der Waals surface area contributed by atoms with E-state index in [-0.39, 0.29) is 11.4 Å². The Hall–Kier alpha value is -1.22. The molecule has 0 unspecified atom stereocenters. The second-order valence-corrected chi connectivity index (χ2v) is 7.57. The summed E-state index contributed by atoms with van der Waals surface area (Å²) in [6.45, 7) is 5.61. The number of nitrogens with zero attached hydrogens (tertiary/aromatic N) is 2. The molecule has 0 saturated carbocycles. The average Bonchev–Trinajstić information content (AvgIpc) is 3.01. The van der Waals surface area contributed by atoms with Crippen LogP contribution in [0.2, 0.25) is 0 Å². The highest BCUT2D eigenvalue weighted by Crippen LogP contribution is 2.14. The van der Waals surface area contributed by atoms with Crippen molar-refractivity contribution < 1.29 is 8.42 Å². The summed E-state index contributed by atoms with van der Waals surface area (Å²) in [6, 6.07) is 1.69. The molecule has 21 heavy (non-hydrogen) atoms. The molecule has 0 saturated heterocycles. The molecule has 2 N–H and O–H groups in total. The average molecular weight is 328 g/mol. The first-order valence-corrected chi connectivity index (χ1v) is 9.05. The minimum atomic E-state index is -3.51. The van der Waals surface area contributed by atoms with Gasteiger partial charge in [-0.2, -0.15) is 0 Å². The van der Waals surface area contributed by atoms with E-state index in [0.717, 1.165) is 22.9 Å². The van der Waals surface area contributed by atoms with E-state index >= 15 is 0 Å². The molecule has 6 nitrogen and oxygen atoms in total. The summed E-state index contributed by atoms with van der Waals surface area (Å²) >= 11 is 1.51. The van der Waals surface area contributed by atoms with Crippen molar-refractivity contribution in [3.63, 3.8) is 0 Å². The highest BCUT2D eigenvalue weighted by atomic mass is 32.2. The minimum Gasteiger partial charge on any atom is -0.352 e. The third-order valence-corrected chi connectivity index (χ3v) is 5.25. The Morgan fingerprint density at radius 1 is 1.38 bits per heavy atom. The van der Waals surface area contributed by atoms with Crippen LogP contribution in [0.15, 0.2) is 22.5 Å². The van der Waals surface area contributed by atoms with Crippen molar-refractivity contribution in [1.29, 1.82) is 0 Å². The summed E-state index contributed by atoms with van der Waals surface area (Å²) in [5.41, 5.74) is 1.67. The van der Waals surface area contributed by atoms with Gasteiger partial charge in [-0.3, -0.25) is 0 Å². The number of sulfonamides is 1. The molecule has 0 fully saturated rings. The summed E-state index contributed by atoms with van der Waals surface area (Å²) in [6.07, 6.45) is 1.63. The van der Waals surface area contributed by atoms with Gasteiger partial charge in [0.2, 0.25) is 10.0 Å². The van der Waals surface area contributed by atoms with Crippen LogP contribution >= 0.6 is 11.3 Å². The fraction of sp³-hybridized carbons (Fsp3) is 0.462. The minimum absolute atomic E-state index is 0.212. The van der Waals surface area contributed by atoms with E-state index in [9.17, 15) is 8.42 Å². The number of aryl methyl sites for hydroxylation is 2. The van der Waals surface area contributed by atoms with Gasteiger partial charge in [-0.15, -0.1) is 11.3 Å². The van der Waals surface area contributed by atoms with Crippen LogP contribution in [0.5, 0.6) is 0 Å². The van der Waals surface area contributed by atoms with Crippen LogP contribution in [-0.4, -0.2) is 24.5 Å². The molecule has 2 rings (SSSR count). The Balaban J connectivity index is 2.08. The molecule has 116 valence electrons. The second kappa shape index (κ2) is 6.69. The van der Waals surface area contributed by atoms with E-state index in [4.69, 9.17) is 0 Å². The highest BCUT2D eigenvalue weighted by molar-refractivity contribution is 7.89. The maximum atomic E-state index is 12.3. The molecule has 8 heteroatoms. The van der Waals surface area contributed by atoms with E-state index < -0.39 is 10.0 Å². The van der Waals surface area contributed by atoms with Gasteiger partial charge in [0.1, 0.15) is 0 Å². The number of hydrogen-bond acceptors (Lipinski definition) is 5. The Kier molecular flexibility index (Phi) is 5.15. The Morgan fingerprint density at radius 2 is 2.14 bits per heavy atom. The lowest BCUT2D eigenvalue weighted by atomic mass is 10.4. The molecule has 2 aromatic rings. The van der Waals surface area contributed by atoms with Crippen molar-refractivity contribution in [2.45, 2.75) is 31.8 Å². The van der Waals surface area contributed by atoms with Gasteiger partial charge >= 0.3 is 0 Å². The fourth-order valence-corrected chi connectivity index (χ4v) is 3.60. The first kappa shape index (κ1) is 16.2. The normalized spacial score (nSPS) is 12.0.